The smallest absolute Gasteiger partial charge is 0.314 e. The molecule has 1 aliphatic heterocycles. The van der Waals surface area contributed by atoms with E-state index in [2.05, 4.69) is 5.32 Å². The first-order valence-electron chi connectivity index (χ1n) is 7.42. The number of carbonyl (C=O) groups is 3. The predicted octanol–water partition coefficient (Wildman–Crippen LogP) is -1.95. The standard InChI is InChI=1S/C14H25N3O4/c1-4-21-14(20)11-6-5-7-17(8-11)10-13(19)16(3)9-12(18)15-2/h11H,4-10H2,1-3H3,(H,15,18)/p+1/t11-/m1/s1. The van der Waals surface area contributed by atoms with Crippen molar-refractivity contribution in [1.82, 2.24) is 10.2 Å². The van der Waals surface area contributed by atoms with Gasteiger partial charge in [0.1, 0.15) is 5.92 Å². The summed E-state index contributed by atoms with van der Waals surface area (Å²) in [6.07, 6.45) is 1.73. The Balaban J connectivity index is 2.44. The Labute approximate surface area is 125 Å². The lowest BCUT2D eigenvalue weighted by molar-refractivity contribution is -0.899. The molecule has 0 aromatic carbocycles. The number of amides is 2. The molecule has 2 N–H and O–H groups in total. The molecule has 0 radical (unpaired) electrons. The van der Waals surface area contributed by atoms with Crippen LogP contribution in [0, 0.1) is 5.92 Å². The Morgan fingerprint density at radius 2 is 2.10 bits per heavy atom. The second kappa shape index (κ2) is 8.61. The van der Waals surface area contributed by atoms with Crippen LogP contribution in [0.2, 0.25) is 0 Å². The molecule has 0 saturated carbocycles. The van der Waals surface area contributed by atoms with Crippen LogP contribution in [-0.4, -0.2) is 69.6 Å². The molecule has 1 saturated heterocycles. The molecule has 7 heteroatoms. The van der Waals surface area contributed by atoms with E-state index in [0.29, 0.717) is 19.7 Å². The van der Waals surface area contributed by atoms with Gasteiger partial charge in [0.05, 0.1) is 26.2 Å². The van der Waals surface area contributed by atoms with E-state index < -0.39 is 0 Å². The van der Waals surface area contributed by atoms with Gasteiger partial charge in [-0.25, -0.2) is 0 Å². The van der Waals surface area contributed by atoms with Gasteiger partial charge in [0.15, 0.2) is 6.54 Å². The molecule has 0 aromatic rings. The van der Waals surface area contributed by atoms with Crippen LogP contribution in [0.4, 0.5) is 0 Å². The van der Waals surface area contributed by atoms with Crippen LogP contribution in [0.15, 0.2) is 0 Å². The SMILES string of the molecule is CCOC(=O)[C@@H]1CCC[NH+](CC(=O)N(C)CC(=O)NC)C1. The predicted molar refractivity (Wildman–Crippen MR) is 76.6 cm³/mol. The number of esters is 1. The highest BCUT2D eigenvalue weighted by Gasteiger charge is 2.31. The molecular formula is C14H26N3O4+. The van der Waals surface area contributed by atoms with Gasteiger partial charge in [-0.1, -0.05) is 0 Å². The summed E-state index contributed by atoms with van der Waals surface area (Å²) in [4.78, 5) is 37.6. The highest BCUT2D eigenvalue weighted by atomic mass is 16.5. The molecule has 2 amide bonds. The lowest BCUT2D eigenvalue weighted by Crippen LogP contribution is -3.14. The van der Waals surface area contributed by atoms with Gasteiger partial charge in [-0.2, -0.15) is 0 Å². The molecule has 1 fully saturated rings. The zero-order chi connectivity index (χ0) is 15.8. The van der Waals surface area contributed by atoms with Gasteiger partial charge in [-0.15, -0.1) is 0 Å². The number of ether oxygens (including phenoxy) is 1. The van der Waals surface area contributed by atoms with Crippen molar-refractivity contribution in [1.29, 1.82) is 0 Å². The van der Waals surface area contributed by atoms with Crippen molar-refractivity contribution < 1.29 is 24.0 Å². The average molecular weight is 300 g/mol. The number of likely N-dealkylation sites (tertiary alicyclic amines) is 1. The molecule has 1 aliphatic rings. The Bertz CT molecular complexity index is 386. The van der Waals surface area contributed by atoms with Crippen LogP contribution in [0.25, 0.3) is 0 Å². The van der Waals surface area contributed by atoms with Crippen LogP contribution in [-0.2, 0) is 19.1 Å². The lowest BCUT2D eigenvalue weighted by Gasteiger charge is -2.29. The van der Waals surface area contributed by atoms with Gasteiger partial charge in [0.2, 0.25) is 5.91 Å². The molecule has 0 aromatic heterocycles. The number of likely N-dealkylation sites (N-methyl/N-ethyl adjacent to an activating group) is 2. The lowest BCUT2D eigenvalue weighted by atomic mass is 9.98. The summed E-state index contributed by atoms with van der Waals surface area (Å²) >= 11 is 0. The zero-order valence-electron chi connectivity index (χ0n) is 13.1. The third kappa shape index (κ3) is 5.71. The van der Waals surface area contributed by atoms with Crippen molar-refractivity contribution >= 4 is 17.8 Å². The van der Waals surface area contributed by atoms with Crippen molar-refractivity contribution in [3.05, 3.63) is 0 Å². The Kier molecular flexibility index (Phi) is 7.14. The second-order valence-electron chi connectivity index (χ2n) is 5.40. The minimum atomic E-state index is -0.191. The number of quaternary nitrogens is 1. The summed E-state index contributed by atoms with van der Waals surface area (Å²) in [5.74, 6) is -0.561. The molecule has 7 nitrogen and oxygen atoms in total. The van der Waals surface area contributed by atoms with Crippen molar-refractivity contribution in [2.45, 2.75) is 19.8 Å². The third-order valence-electron chi connectivity index (χ3n) is 3.72. The van der Waals surface area contributed by atoms with Gasteiger partial charge < -0.3 is 19.9 Å². The van der Waals surface area contributed by atoms with E-state index in [1.54, 1.807) is 21.0 Å². The van der Waals surface area contributed by atoms with E-state index in [1.165, 1.54) is 4.90 Å². The van der Waals surface area contributed by atoms with Gasteiger partial charge in [-0.3, -0.25) is 14.4 Å². The molecule has 1 heterocycles. The maximum absolute atomic E-state index is 12.1. The van der Waals surface area contributed by atoms with Gasteiger partial charge in [-0.05, 0) is 19.8 Å². The first kappa shape index (κ1) is 17.4. The number of nitrogens with zero attached hydrogens (tertiary/aromatic N) is 1. The van der Waals surface area contributed by atoms with E-state index in [1.807, 2.05) is 0 Å². The summed E-state index contributed by atoms with van der Waals surface area (Å²) in [6.45, 7) is 4.04. The Morgan fingerprint density at radius 3 is 2.71 bits per heavy atom. The minimum absolute atomic E-state index is 0.0594. The fourth-order valence-corrected chi connectivity index (χ4v) is 2.50. The quantitative estimate of drug-likeness (QED) is 0.559. The topological polar surface area (TPSA) is 80.2 Å². The molecule has 1 unspecified atom stereocenters. The highest BCUT2D eigenvalue weighted by Crippen LogP contribution is 2.09. The average Bonchev–Trinajstić information content (AvgIpc) is 2.47. The summed E-state index contributed by atoms with van der Waals surface area (Å²) in [7, 11) is 3.16. The van der Waals surface area contributed by atoms with E-state index >= 15 is 0 Å². The fraction of sp³-hybridized carbons (Fsp3) is 0.786. The molecular weight excluding hydrogens is 274 g/mol. The summed E-state index contributed by atoms with van der Waals surface area (Å²) in [5.41, 5.74) is 0. The van der Waals surface area contributed by atoms with E-state index in [-0.39, 0.29) is 30.2 Å². The van der Waals surface area contributed by atoms with Gasteiger partial charge >= 0.3 is 5.97 Å². The van der Waals surface area contributed by atoms with E-state index in [0.717, 1.165) is 24.3 Å². The molecule has 2 atom stereocenters. The molecule has 120 valence electrons. The van der Waals surface area contributed by atoms with Crippen LogP contribution >= 0.6 is 0 Å². The second-order valence-corrected chi connectivity index (χ2v) is 5.40. The van der Waals surface area contributed by atoms with E-state index in [4.69, 9.17) is 4.74 Å². The molecule has 0 aliphatic carbocycles. The normalized spacial score (nSPS) is 21.5. The number of piperidine rings is 1. The highest BCUT2D eigenvalue weighted by molar-refractivity contribution is 5.84. The molecule has 0 spiro atoms. The molecule has 0 bridgehead atoms. The van der Waals surface area contributed by atoms with Gasteiger partial charge in [0, 0.05) is 14.1 Å². The summed E-state index contributed by atoms with van der Waals surface area (Å²) < 4.78 is 5.05. The number of nitrogens with one attached hydrogen (secondary N) is 2. The summed E-state index contributed by atoms with van der Waals surface area (Å²) in [5, 5.41) is 2.49. The number of carbonyl (C=O) groups excluding carboxylic acids is 3. The van der Waals surface area contributed by atoms with Crippen molar-refractivity contribution in [2.24, 2.45) is 5.92 Å². The fourth-order valence-electron chi connectivity index (χ4n) is 2.50. The third-order valence-corrected chi connectivity index (χ3v) is 3.72. The van der Waals surface area contributed by atoms with Crippen LogP contribution in [0.1, 0.15) is 19.8 Å². The number of hydrogen-bond acceptors (Lipinski definition) is 4. The molecule has 1 rings (SSSR count). The number of rotatable bonds is 6. The zero-order valence-corrected chi connectivity index (χ0v) is 13.1. The Morgan fingerprint density at radius 1 is 1.38 bits per heavy atom. The van der Waals surface area contributed by atoms with Crippen molar-refractivity contribution in [3.8, 4) is 0 Å². The van der Waals surface area contributed by atoms with Gasteiger partial charge in [0.25, 0.3) is 5.91 Å². The largest absolute Gasteiger partial charge is 0.466 e. The number of hydrogen-bond donors (Lipinski definition) is 2. The minimum Gasteiger partial charge on any atom is -0.466 e. The first-order valence-corrected chi connectivity index (χ1v) is 7.42. The van der Waals surface area contributed by atoms with E-state index in [9.17, 15) is 14.4 Å². The summed E-state index contributed by atoms with van der Waals surface area (Å²) in [6, 6.07) is 0. The van der Waals surface area contributed by atoms with Crippen LogP contribution < -0.4 is 10.2 Å². The van der Waals surface area contributed by atoms with Crippen LogP contribution in [0.3, 0.4) is 0 Å². The maximum Gasteiger partial charge on any atom is 0.314 e. The molecule has 21 heavy (non-hydrogen) atoms. The first-order chi connectivity index (χ1) is 9.97. The Hall–Kier alpha value is -1.63. The monoisotopic (exact) mass is 300 g/mol. The van der Waals surface area contributed by atoms with Crippen molar-refractivity contribution in [2.75, 3.05) is 46.9 Å². The maximum atomic E-state index is 12.1. The van der Waals surface area contributed by atoms with Crippen LogP contribution in [0.5, 0.6) is 0 Å². The van der Waals surface area contributed by atoms with Crippen molar-refractivity contribution in [3.63, 3.8) is 0 Å².